The predicted molar refractivity (Wildman–Crippen MR) is 45.3 cm³/mol. The van der Waals surface area contributed by atoms with E-state index in [-0.39, 0.29) is 0 Å². The Morgan fingerprint density at radius 3 is 1.90 bits per heavy atom. The van der Waals surface area contributed by atoms with Crippen molar-refractivity contribution in [2.24, 2.45) is 4.99 Å². The first kappa shape index (κ1) is 11.8. The molecule has 0 atom stereocenters. The largest absolute Gasteiger partial charge is 0.296 e. The van der Waals surface area contributed by atoms with E-state index in [9.17, 15) is 4.79 Å². The van der Waals surface area contributed by atoms with E-state index in [4.69, 9.17) is 0 Å². The van der Waals surface area contributed by atoms with Crippen LogP contribution in [0.3, 0.4) is 0 Å². The maximum atomic E-state index is 9.94. The molecular formula is C8H15NO. The normalized spacial score (nSPS) is 10.6. The molecular weight excluding hydrogens is 126 g/mol. The van der Waals surface area contributed by atoms with E-state index >= 15 is 0 Å². The number of carbonyl (C=O) groups excluding carboxylic acids is 1. The Morgan fingerprint density at radius 2 is 1.80 bits per heavy atom. The van der Waals surface area contributed by atoms with E-state index in [1.54, 1.807) is 26.1 Å². The van der Waals surface area contributed by atoms with Gasteiger partial charge in [0.15, 0.2) is 6.29 Å². The zero-order valence-electron chi connectivity index (χ0n) is 7.09. The molecule has 0 spiro atoms. The van der Waals surface area contributed by atoms with Crippen LogP contribution in [0.2, 0.25) is 0 Å². The van der Waals surface area contributed by atoms with Gasteiger partial charge < -0.3 is 0 Å². The molecule has 2 nitrogen and oxygen atoms in total. The highest BCUT2D eigenvalue weighted by Gasteiger charge is 1.80. The summed E-state index contributed by atoms with van der Waals surface area (Å²) in [5, 5.41) is 0. The van der Waals surface area contributed by atoms with E-state index in [1.807, 2.05) is 13.8 Å². The lowest BCUT2D eigenvalue weighted by Crippen LogP contribution is -1.76. The van der Waals surface area contributed by atoms with Gasteiger partial charge in [-0.3, -0.25) is 9.79 Å². The van der Waals surface area contributed by atoms with Crippen LogP contribution >= 0.6 is 0 Å². The van der Waals surface area contributed by atoms with Gasteiger partial charge in [-0.15, -0.1) is 0 Å². The number of rotatable bonds is 2. The molecule has 0 radical (unpaired) electrons. The third kappa shape index (κ3) is 7.08. The van der Waals surface area contributed by atoms with Gasteiger partial charge in [0.2, 0.25) is 0 Å². The fourth-order valence-corrected chi connectivity index (χ4v) is 0.322. The summed E-state index contributed by atoms with van der Waals surface area (Å²) >= 11 is 0. The Kier molecular flexibility index (Phi) is 13.0. The summed E-state index contributed by atoms with van der Waals surface area (Å²) in [5.41, 5.74) is 0.479. The van der Waals surface area contributed by atoms with Crippen molar-refractivity contribution >= 4 is 12.5 Å². The molecule has 0 fully saturated rings. The quantitative estimate of drug-likeness (QED) is 0.329. The standard InChI is InChI=1S/C6H9NO.C2H6/c1-3-6(5-8)7-4-2;1-2/h3-5H,1-2H3;1-2H3/b6-3-,7-4?;. The average molecular weight is 141 g/mol. The summed E-state index contributed by atoms with van der Waals surface area (Å²) in [6.45, 7) is 7.55. The fraction of sp³-hybridized carbons (Fsp3) is 0.500. The number of hydrogen-bond acceptors (Lipinski definition) is 2. The van der Waals surface area contributed by atoms with Crippen molar-refractivity contribution in [2.45, 2.75) is 27.7 Å². The van der Waals surface area contributed by atoms with Crippen LogP contribution in [0.15, 0.2) is 16.8 Å². The van der Waals surface area contributed by atoms with E-state index in [0.717, 1.165) is 6.29 Å². The molecule has 0 heterocycles. The third-order valence-electron chi connectivity index (χ3n) is 0.695. The van der Waals surface area contributed by atoms with Gasteiger partial charge in [-0.1, -0.05) is 19.9 Å². The summed E-state index contributed by atoms with van der Waals surface area (Å²) in [5.74, 6) is 0. The highest BCUT2D eigenvalue weighted by molar-refractivity contribution is 5.75. The molecule has 0 aliphatic heterocycles. The zero-order chi connectivity index (χ0) is 8.41. The van der Waals surface area contributed by atoms with Gasteiger partial charge in [0.1, 0.15) is 0 Å². The lowest BCUT2D eigenvalue weighted by molar-refractivity contribution is -0.104. The summed E-state index contributed by atoms with van der Waals surface area (Å²) in [7, 11) is 0. The van der Waals surface area contributed by atoms with E-state index in [0.29, 0.717) is 5.70 Å². The number of aldehydes is 1. The van der Waals surface area contributed by atoms with E-state index in [2.05, 4.69) is 4.99 Å². The molecule has 0 aromatic rings. The van der Waals surface area contributed by atoms with Crippen LogP contribution in [0.1, 0.15) is 27.7 Å². The molecule has 0 N–H and O–H groups in total. The molecule has 0 aliphatic carbocycles. The molecule has 0 aliphatic rings. The van der Waals surface area contributed by atoms with Gasteiger partial charge in [-0.2, -0.15) is 0 Å². The van der Waals surface area contributed by atoms with Crippen LogP contribution in [-0.2, 0) is 4.79 Å². The lowest BCUT2D eigenvalue weighted by atomic mass is 10.5. The van der Waals surface area contributed by atoms with Crippen molar-refractivity contribution in [1.82, 2.24) is 0 Å². The SMILES string of the molecule is CC.CC=N/C(C=O)=C\C. The highest BCUT2D eigenvalue weighted by atomic mass is 16.1. The Bertz CT molecular complexity index is 125. The van der Waals surface area contributed by atoms with Crippen molar-refractivity contribution < 1.29 is 4.79 Å². The number of hydrogen-bond donors (Lipinski definition) is 0. The first-order valence-electron chi connectivity index (χ1n) is 3.45. The lowest BCUT2D eigenvalue weighted by Gasteiger charge is -1.81. The smallest absolute Gasteiger partial charge is 0.168 e. The van der Waals surface area contributed by atoms with Crippen LogP contribution in [-0.4, -0.2) is 12.5 Å². The minimum Gasteiger partial charge on any atom is -0.296 e. The second kappa shape index (κ2) is 11.0. The number of nitrogens with zero attached hydrogens (tertiary/aromatic N) is 1. The third-order valence-corrected chi connectivity index (χ3v) is 0.695. The van der Waals surface area contributed by atoms with Crippen LogP contribution in [0.5, 0.6) is 0 Å². The van der Waals surface area contributed by atoms with E-state index < -0.39 is 0 Å². The first-order chi connectivity index (χ1) is 4.85. The minimum atomic E-state index is 0.479. The molecule has 2 heteroatoms. The molecule has 10 heavy (non-hydrogen) atoms. The summed E-state index contributed by atoms with van der Waals surface area (Å²) in [6.07, 6.45) is 3.97. The van der Waals surface area contributed by atoms with Crippen LogP contribution in [0.25, 0.3) is 0 Å². The molecule has 0 aromatic carbocycles. The minimum absolute atomic E-state index is 0.479. The summed E-state index contributed by atoms with van der Waals surface area (Å²) in [4.78, 5) is 13.7. The van der Waals surface area contributed by atoms with Crippen molar-refractivity contribution in [2.75, 3.05) is 0 Å². The molecule has 0 rings (SSSR count). The van der Waals surface area contributed by atoms with Gasteiger partial charge in [0.05, 0.1) is 5.70 Å². The van der Waals surface area contributed by atoms with Gasteiger partial charge in [-0.25, -0.2) is 0 Å². The van der Waals surface area contributed by atoms with Crippen LogP contribution in [0.4, 0.5) is 0 Å². The van der Waals surface area contributed by atoms with Gasteiger partial charge in [0, 0.05) is 6.21 Å². The molecule has 0 saturated heterocycles. The topological polar surface area (TPSA) is 29.4 Å². The summed E-state index contributed by atoms with van der Waals surface area (Å²) < 4.78 is 0. The molecule has 0 saturated carbocycles. The highest BCUT2D eigenvalue weighted by Crippen LogP contribution is 1.87. The molecule has 0 aromatic heterocycles. The Morgan fingerprint density at radius 1 is 1.30 bits per heavy atom. The molecule has 0 bridgehead atoms. The van der Waals surface area contributed by atoms with Crippen LogP contribution < -0.4 is 0 Å². The molecule has 58 valence electrons. The van der Waals surface area contributed by atoms with Gasteiger partial charge in [-0.05, 0) is 13.8 Å². The average Bonchev–Trinajstić information content (AvgIpc) is 2.04. The fourth-order valence-electron chi connectivity index (χ4n) is 0.322. The van der Waals surface area contributed by atoms with Crippen LogP contribution in [0, 0.1) is 0 Å². The van der Waals surface area contributed by atoms with Crippen molar-refractivity contribution in [1.29, 1.82) is 0 Å². The number of carbonyl (C=O) groups is 1. The van der Waals surface area contributed by atoms with E-state index in [1.165, 1.54) is 0 Å². The Hall–Kier alpha value is -0.920. The second-order valence-electron chi connectivity index (χ2n) is 1.22. The van der Waals surface area contributed by atoms with Crippen molar-refractivity contribution in [3.63, 3.8) is 0 Å². The monoisotopic (exact) mass is 141 g/mol. The van der Waals surface area contributed by atoms with Crippen molar-refractivity contribution in [3.8, 4) is 0 Å². The number of allylic oxidation sites excluding steroid dienone is 2. The maximum Gasteiger partial charge on any atom is 0.168 e. The van der Waals surface area contributed by atoms with Gasteiger partial charge in [0.25, 0.3) is 0 Å². The second-order valence-corrected chi connectivity index (χ2v) is 1.22. The zero-order valence-corrected chi connectivity index (χ0v) is 7.09. The Balaban J connectivity index is 0. The Labute approximate surface area is 62.7 Å². The van der Waals surface area contributed by atoms with Gasteiger partial charge >= 0.3 is 0 Å². The molecule has 0 amide bonds. The predicted octanol–water partition coefficient (Wildman–Crippen LogP) is 2.21. The number of aliphatic imine (C=N–C) groups is 1. The maximum absolute atomic E-state index is 9.94. The first-order valence-corrected chi connectivity index (χ1v) is 3.45. The summed E-state index contributed by atoms with van der Waals surface area (Å²) in [6, 6.07) is 0. The molecule has 0 unspecified atom stereocenters. The van der Waals surface area contributed by atoms with Crippen molar-refractivity contribution in [3.05, 3.63) is 11.8 Å².